The number of fused-ring (bicyclic) bond motifs is 2. The molecular formula is C24H24N6O2S. The van der Waals surface area contributed by atoms with Crippen molar-refractivity contribution in [3.05, 3.63) is 47.8 Å². The van der Waals surface area contributed by atoms with Crippen molar-refractivity contribution in [2.75, 3.05) is 0 Å². The lowest BCUT2D eigenvalue weighted by atomic mass is 9.92. The van der Waals surface area contributed by atoms with Gasteiger partial charge in [0.15, 0.2) is 0 Å². The van der Waals surface area contributed by atoms with Crippen molar-refractivity contribution in [2.24, 2.45) is 0 Å². The molecule has 0 radical (unpaired) electrons. The van der Waals surface area contributed by atoms with E-state index < -0.39 is 5.60 Å². The van der Waals surface area contributed by atoms with Crippen molar-refractivity contribution in [3.8, 4) is 21.8 Å². The molecule has 1 aliphatic rings. The summed E-state index contributed by atoms with van der Waals surface area (Å²) in [7, 11) is 0. The number of nitrogens with zero attached hydrogens (tertiary/aromatic N) is 2. The van der Waals surface area contributed by atoms with Gasteiger partial charge in [-0.1, -0.05) is 6.07 Å². The summed E-state index contributed by atoms with van der Waals surface area (Å²) in [5.41, 5.74) is 6.05. The SMILES string of the molecule is CC(C)(O)Cc1cc(C2CCC(=O)N2)cc2[nH]c(-c3n[nH]c4cc(-c5cn[nH]c5)sc34)cc12. The number of carbonyl (C=O) groups is 1. The highest BCUT2D eigenvalue weighted by Crippen LogP contribution is 2.39. The molecule has 5 aromatic rings. The molecule has 168 valence electrons. The number of rotatable bonds is 5. The number of nitrogens with one attached hydrogen (secondary N) is 4. The minimum Gasteiger partial charge on any atom is -0.390 e. The van der Waals surface area contributed by atoms with Gasteiger partial charge in [-0.25, -0.2) is 0 Å². The number of carbonyl (C=O) groups excluding carboxylic acids is 1. The van der Waals surface area contributed by atoms with Crippen LogP contribution in [0, 0.1) is 0 Å². The van der Waals surface area contributed by atoms with Crippen LogP contribution in [0.5, 0.6) is 0 Å². The lowest BCUT2D eigenvalue weighted by molar-refractivity contribution is -0.119. The molecule has 1 aromatic carbocycles. The minimum absolute atomic E-state index is 0.00103. The molecule has 0 bridgehead atoms. The average molecular weight is 461 g/mol. The number of amides is 1. The predicted molar refractivity (Wildman–Crippen MR) is 129 cm³/mol. The van der Waals surface area contributed by atoms with Gasteiger partial charge in [-0.05, 0) is 49.6 Å². The topological polar surface area (TPSA) is 122 Å². The third kappa shape index (κ3) is 3.63. The number of aromatic nitrogens is 5. The van der Waals surface area contributed by atoms with Gasteiger partial charge in [0, 0.05) is 40.4 Å². The third-order valence-corrected chi connectivity index (χ3v) is 7.33. The molecule has 1 aliphatic heterocycles. The standard InChI is InChI=1S/C24H24N6O2S/c1-24(2,32)9-13-5-12(16-3-4-21(31)28-16)6-17-15(13)7-18(27-17)22-23-19(29-30-22)8-20(33-23)14-10-25-26-11-14/h5-8,10-11,16,27,32H,3-4,9H2,1-2H3,(H,25,26)(H,28,31)(H,29,30). The first-order valence-electron chi connectivity index (χ1n) is 11.0. The fourth-order valence-electron chi connectivity index (χ4n) is 4.67. The van der Waals surface area contributed by atoms with E-state index in [0.717, 1.165) is 60.5 Å². The number of H-pyrrole nitrogens is 3. The van der Waals surface area contributed by atoms with Crippen LogP contribution in [0.25, 0.3) is 42.9 Å². The van der Waals surface area contributed by atoms with Crippen LogP contribution < -0.4 is 5.32 Å². The number of thiophene rings is 1. The van der Waals surface area contributed by atoms with Gasteiger partial charge in [0.1, 0.15) is 5.69 Å². The summed E-state index contributed by atoms with van der Waals surface area (Å²) in [4.78, 5) is 16.5. The maximum atomic E-state index is 11.8. The Balaban J connectivity index is 1.47. The third-order valence-electron chi connectivity index (χ3n) is 6.14. The Morgan fingerprint density at radius 3 is 2.82 bits per heavy atom. The van der Waals surface area contributed by atoms with Gasteiger partial charge >= 0.3 is 0 Å². The van der Waals surface area contributed by atoms with Crippen LogP contribution >= 0.6 is 11.3 Å². The second kappa shape index (κ2) is 7.29. The van der Waals surface area contributed by atoms with E-state index in [2.05, 4.69) is 55.0 Å². The minimum atomic E-state index is -0.852. The van der Waals surface area contributed by atoms with E-state index in [9.17, 15) is 9.90 Å². The zero-order valence-electron chi connectivity index (χ0n) is 18.3. The first-order valence-corrected chi connectivity index (χ1v) is 11.8. The summed E-state index contributed by atoms with van der Waals surface area (Å²) in [5, 5.41) is 29.3. The first-order chi connectivity index (χ1) is 15.8. The molecular weight excluding hydrogens is 436 g/mol. The Labute approximate surface area is 193 Å². The zero-order chi connectivity index (χ0) is 22.7. The summed E-state index contributed by atoms with van der Waals surface area (Å²) < 4.78 is 1.07. The van der Waals surface area contributed by atoms with Crippen molar-refractivity contribution < 1.29 is 9.90 Å². The predicted octanol–water partition coefficient (Wildman–Crippen LogP) is 4.43. The van der Waals surface area contributed by atoms with Crippen LogP contribution in [-0.2, 0) is 11.2 Å². The highest BCUT2D eigenvalue weighted by molar-refractivity contribution is 7.22. The second-order valence-corrected chi connectivity index (χ2v) is 10.4. The van der Waals surface area contributed by atoms with Crippen molar-refractivity contribution in [1.29, 1.82) is 0 Å². The molecule has 0 saturated carbocycles. The first kappa shape index (κ1) is 20.2. The van der Waals surface area contributed by atoms with E-state index >= 15 is 0 Å². The normalized spacial score (nSPS) is 16.8. The zero-order valence-corrected chi connectivity index (χ0v) is 19.1. The molecule has 1 unspecified atom stereocenters. The number of aromatic amines is 3. The van der Waals surface area contributed by atoms with Gasteiger partial charge in [-0.2, -0.15) is 10.2 Å². The molecule has 1 atom stereocenters. The fraction of sp³-hybridized carbons (Fsp3) is 0.292. The van der Waals surface area contributed by atoms with Crippen LogP contribution in [0.3, 0.4) is 0 Å². The van der Waals surface area contributed by atoms with Crippen LogP contribution in [-0.4, -0.2) is 42.0 Å². The lowest BCUT2D eigenvalue weighted by Crippen LogP contribution is -2.22. The Morgan fingerprint density at radius 1 is 1.21 bits per heavy atom. The average Bonchev–Trinajstić information content (AvgIpc) is 3.52. The maximum absolute atomic E-state index is 11.8. The second-order valence-electron chi connectivity index (χ2n) is 9.38. The molecule has 6 rings (SSSR count). The Bertz CT molecular complexity index is 1480. The summed E-state index contributed by atoms with van der Waals surface area (Å²) in [6, 6.07) is 8.43. The Kier molecular flexibility index (Phi) is 4.46. The molecule has 0 spiro atoms. The monoisotopic (exact) mass is 460 g/mol. The summed E-state index contributed by atoms with van der Waals surface area (Å²) in [5.74, 6) is 0.0846. The van der Waals surface area contributed by atoms with Crippen LogP contribution in [0.15, 0.2) is 36.7 Å². The van der Waals surface area contributed by atoms with Gasteiger partial charge in [0.05, 0.1) is 33.8 Å². The van der Waals surface area contributed by atoms with E-state index in [0.29, 0.717) is 12.8 Å². The van der Waals surface area contributed by atoms with Gasteiger partial charge in [0.25, 0.3) is 0 Å². The molecule has 4 aromatic heterocycles. The molecule has 5 N–H and O–H groups in total. The van der Waals surface area contributed by atoms with Crippen LogP contribution in [0.4, 0.5) is 0 Å². The van der Waals surface area contributed by atoms with Gasteiger partial charge < -0.3 is 15.4 Å². The number of hydrogen-bond acceptors (Lipinski definition) is 5. The summed E-state index contributed by atoms with van der Waals surface area (Å²) >= 11 is 1.67. The van der Waals surface area contributed by atoms with Gasteiger partial charge in [0.2, 0.25) is 5.91 Å². The highest BCUT2D eigenvalue weighted by atomic mass is 32.1. The molecule has 1 fully saturated rings. The maximum Gasteiger partial charge on any atom is 0.220 e. The molecule has 1 amide bonds. The number of hydrogen-bond donors (Lipinski definition) is 5. The van der Waals surface area contributed by atoms with Gasteiger partial charge in [-0.3, -0.25) is 15.0 Å². The van der Waals surface area contributed by atoms with Gasteiger partial charge in [-0.15, -0.1) is 11.3 Å². The van der Waals surface area contributed by atoms with E-state index in [1.165, 1.54) is 0 Å². The van der Waals surface area contributed by atoms with Crippen molar-refractivity contribution in [3.63, 3.8) is 0 Å². The number of aliphatic hydroxyl groups is 1. The molecule has 8 nitrogen and oxygen atoms in total. The highest BCUT2D eigenvalue weighted by Gasteiger charge is 2.25. The Hall–Kier alpha value is -3.43. The van der Waals surface area contributed by atoms with E-state index in [-0.39, 0.29) is 11.9 Å². The quantitative estimate of drug-likeness (QED) is 0.266. The van der Waals surface area contributed by atoms with Crippen molar-refractivity contribution in [1.82, 2.24) is 30.7 Å². The smallest absolute Gasteiger partial charge is 0.220 e. The fourth-order valence-corrected chi connectivity index (χ4v) is 5.76. The Morgan fingerprint density at radius 2 is 2.09 bits per heavy atom. The van der Waals surface area contributed by atoms with E-state index in [1.807, 2.05) is 26.2 Å². The van der Waals surface area contributed by atoms with E-state index in [1.54, 1.807) is 11.3 Å². The summed E-state index contributed by atoms with van der Waals surface area (Å²) in [6.45, 7) is 3.63. The molecule has 9 heteroatoms. The molecule has 33 heavy (non-hydrogen) atoms. The molecule has 5 heterocycles. The van der Waals surface area contributed by atoms with Crippen LogP contribution in [0.2, 0.25) is 0 Å². The van der Waals surface area contributed by atoms with Crippen LogP contribution in [0.1, 0.15) is 43.9 Å². The largest absolute Gasteiger partial charge is 0.390 e. The molecule has 1 saturated heterocycles. The van der Waals surface area contributed by atoms with Crippen molar-refractivity contribution in [2.45, 2.75) is 44.8 Å². The van der Waals surface area contributed by atoms with E-state index in [4.69, 9.17) is 0 Å². The summed E-state index contributed by atoms with van der Waals surface area (Å²) in [6.07, 6.45) is 5.53. The lowest BCUT2D eigenvalue weighted by Gasteiger charge is -2.19. The van der Waals surface area contributed by atoms with Crippen molar-refractivity contribution >= 4 is 38.4 Å². The number of benzene rings is 1. The molecule has 0 aliphatic carbocycles.